The van der Waals surface area contributed by atoms with Gasteiger partial charge in [0.05, 0.1) is 22.4 Å². The number of rotatable bonds is 9. The monoisotopic (exact) mass is 361 g/mol. The van der Waals surface area contributed by atoms with Crippen LogP contribution in [0.3, 0.4) is 0 Å². The van der Waals surface area contributed by atoms with Crippen molar-refractivity contribution in [2.24, 2.45) is 5.92 Å². The molecule has 1 heterocycles. The smallest absolute Gasteiger partial charge is 0.0707 e. The lowest BCUT2D eigenvalue weighted by Crippen LogP contribution is -2.28. The fraction of sp³-hybridized carbons (Fsp3) is 0.800. The average Bonchev–Trinajstić information content (AvgIpc) is 2.75. The summed E-state index contributed by atoms with van der Waals surface area (Å²) in [6, 6.07) is 0.746. The Hall–Kier alpha value is 0. The van der Waals surface area contributed by atoms with Gasteiger partial charge in [-0.05, 0) is 54.4 Å². The molecule has 1 N–H and O–H groups in total. The summed E-state index contributed by atoms with van der Waals surface area (Å²) in [5.74, 6) is 3.04. The zero-order valence-electron chi connectivity index (χ0n) is 13.3. The lowest BCUT2D eigenvalue weighted by atomic mass is 10.2. The molecule has 0 aliphatic rings. The lowest BCUT2D eigenvalue weighted by molar-refractivity contribution is 0.462. The summed E-state index contributed by atoms with van der Waals surface area (Å²) in [6.07, 6.45) is 3.07. The van der Waals surface area contributed by atoms with Crippen molar-refractivity contribution in [2.75, 3.05) is 18.1 Å². The second-order valence-electron chi connectivity index (χ2n) is 5.85. The van der Waals surface area contributed by atoms with Crippen molar-refractivity contribution in [3.8, 4) is 0 Å². The third-order valence-electron chi connectivity index (χ3n) is 2.98. The van der Waals surface area contributed by atoms with Crippen molar-refractivity contribution in [3.05, 3.63) is 16.4 Å². The number of hydrogen-bond acceptors (Lipinski definition) is 3. The van der Waals surface area contributed by atoms with E-state index in [0.29, 0.717) is 12.1 Å². The number of halogens is 1. The predicted octanol–water partition coefficient (Wildman–Crippen LogP) is 4.66. The Morgan fingerprint density at radius 2 is 2.00 bits per heavy atom. The van der Waals surface area contributed by atoms with Crippen LogP contribution < -0.4 is 5.32 Å². The number of aromatic nitrogens is 2. The summed E-state index contributed by atoms with van der Waals surface area (Å²) in [7, 11) is 0. The van der Waals surface area contributed by atoms with Gasteiger partial charge in [-0.25, -0.2) is 0 Å². The van der Waals surface area contributed by atoms with Gasteiger partial charge >= 0.3 is 0 Å². The molecule has 0 aromatic carbocycles. The SMILES string of the molecule is CCCNC(CSCC(C)C)c1c(Br)cnn1C(C)C. The summed E-state index contributed by atoms with van der Waals surface area (Å²) < 4.78 is 3.25. The molecular weight excluding hydrogens is 334 g/mol. The molecule has 0 spiro atoms. The summed E-state index contributed by atoms with van der Waals surface area (Å²) in [4.78, 5) is 0. The lowest BCUT2D eigenvalue weighted by Gasteiger charge is -2.22. The van der Waals surface area contributed by atoms with Crippen LogP contribution in [0.5, 0.6) is 0 Å². The number of nitrogens with zero attached hydrogens (tertiary/aromatic N) is 2. The third kappa shape index (κ3) is 5.41. The molecule has 1 unspecified atom stereocenters. The van der Waals surface area contributed by atoms with E-state index >= 15 is 0 Å². The molecule has 3 nitrogen and oxygen atoms in total. The molecule has 1 aromatic heterocycles. The molecule has 0 fully saturated rings. The van der Waals surface area contributed by atoms with Gasteiger partial charge in [0.25, 0.3) is 0 Å². The molecule has 20 heavy (non-hydrogen) atoms. The predicted molar refractivity (Wildman–Crippen MR) is 93.5 cm³/mol. The van der Waals surface area contributed by atoms with Gasteiger partial charge in [-0.1, -0.05) is 20.8 Å². The molecule has 0 aliphatic carbocycles. The first-order valence-corrected chi connectivity index (χ1v) is 9.46. The summed E-state index contributed by atoms with van der Waals surface area (Å²) >= 11 is 5.69. The molecule has 1 atom stereocenters. The van der Waals surface area contributed by atoms with E-state index in [4.69, 9.17) is 0 Å². The third-order valence-corrected chi connectivity index (χ3v) is 5.07. The molecule has 0 aliphatic heterocycles. The van der Waals surface area contributed by atoms with E-state index in [1.54, 1.807) is 0 Å². The first-order chi connectivity index (χ1) is 9.47. The summed E-state index contributed by atoms with van der Waals surface area (Å²) in [5, 5.41) is 8.18. The molecular formula is C15H28BrN3S. The maximum absolute atomic E-state index is 4.51. The van der Waals surface area contributed by atoms with Gasteiger partial charge in [0.1, 0.15) is 0 Å². The van der Waals surface area contributed by atoms with Gasteiger partial charge in [-0.3, -0.25) is 4.68 Å². The van der Waals surface area contributed by atoms with Gasteiger partial charge in [0.2, 0.25) is 0 Å². The number of hydrogen-bond donors (Lipinski definition) is 1. The van der Waals surface area contributed by atoms with Crippen molar-refractivity contribution in [3.63, 3.8) is 0 Å². The van der Waals surface area contributed by atoms with E-state index in [9.17, 15) is 0 Å². The van der Waals surface area contributed by atoms with Crippen LogP contribution in [0, 0.1) is 5.92 Å². The molecule has 0 saturated carbocycles. The van der Waals surface area contributed by atoms with Crippen LogP contribution in [-0.4, -0.2) is 27.8 Å². The van der Waals surface area contributed by atoms with Crippen molar-refractivity contribution >= 4 is 27.7 Å². The van der Waals surface area contributed by atoms with Crippen LogP contribution >= 0.6 is 27.7 Å². The molecule has 0 radical (unpaired) electrons. The molecule has 0 bridgehead atoms. The molecule has 0 saturated heterocycles. The van der Waals surface area contributed by atoms with E-state index in [1.165, 1.54) is 11.4 Å². The molecule has 0 amide bonds. The average molecular weight is 362 g/mol. The fourth-order valence-corrected chi connectivity index (χ4v) is 3.73. The van der Waals surface area contributed by atoms with Crippen molar-refractivity contribution in [1.29, 1.82) is 0 Å². The highest BCUT2D eigenvalue weighted by Crippen LogP contribution is 2.28. The van der Waals surface area contributed by atoms with Crippen LogP contribution in [0.2, 0.25) is 0 Å². The Morgan fingerprint density at radius 3 is 2.55 bits per heavy atom. The first kappa shape index (κ1) is 18.1. The summed E-state index contributed by atoms with van der Waals surface area (Å²) in [5.41, 5.74) is 1.28. The van der Waals surface area contributed by atoms with Crippen LogP contribution in [0.15, 0.2) is 10.7 Å². The zero-order valence-corrected chi connectivity index (χ0v) is 15.7. The van der Waals surface area contributed by atoms with E-state index in [-0.39, 0.29) is 0 Å². The topological polar surface area (TPSA) is 29.9 Å². The van der Waals surface area contributed by atoms with Crippen LogP contribution in [-0.2, 0) is 0 Å². The Kier molecular flexibility index (Phi) is 8.22. The maximum Gasteiger partial charge on any atom is 0.0707 e. The Morgan fingerprint density at radius 1 is 1.30 bits per heavy atom. The van der Waals surface area contributed by atoms with Crippen LogP contribution in [0.4, 0.5) is 0 Å². The van der Waals surface area contributed by atoms with E-state index in [1.807, 2.05) is 18.0 Å². The van der Waals surface area contributed by atoms with Crippen molar-refractivity contribution in [1.82, 2.24) is 15.1 Å². The van der Waals surface area contributed by atoms with E-state index < -0.39 is 0 Å². The van der Waals surface area contributed by atoms with Gasteiger partial charge in [-0.2, -0.15) is 16.9 Å². The van der Waals surface area contributed by atoms with Crippen LogP contribution in [0.1, 0.15) is 58.8 Å². The first-order valence-electron chi connectivity index (χ1n) is 7.51. The number of thioether (sulfide) groups is 1. The molecule has 1 rings (SSSR count). The second kappa shape index (κ2) is 9.11. The van der Waals surface area contributed by atoms with E-state index in [2.05, 4.69) is 65.6 Å². The zero-order chi connectivity index (χ0) is 15.1. The minimum absolute atomic E-state index is 0.359. The normalized spacial score (nSPS) is 13.4. The number of nitrogens with one attached hydrogen (secondary N) is 1. The van der Waals surface area contributed by atoms with Crippen LogP contribution in [0.25, 0.3) is 0 Å². The maximum atomic E-state index is 4.51. The molecule has 1 aromatic rings. The highest BCUT2D eigenvalue weighted by Gasteiger charge is 2.21. The highest BCUT2D eigenvalue weighted by atomic mass is 79.9. The quantitative estimate of drug-likeness (QED) is 0.693. The standard InChI is InChI=1S/C15H28BrN3S/c1-6-7-17-14(10-20-9-11(2)3)15-13(16)8-18-19(15)12(4)5/h8,11-12,14,17H,6-7,9-10H2,1-5H3. The molecule has 116 valence electrons. The Labute approximate surface area is 136 Å². The minimum Gasteiger partial charge on any atom is -0.308 e. The summed E-state index contributed by atoms with van der Waals surface area (Å²) in [6.45, 7) is 12.2. The van der Waals surface area contributed by atoms with E-state index in [0.717, 1.165) is 29.1 Å². The van der Waals surface area contributed by atoms with Crippen molar-refractivity contribution < 1.29 is 0 Å². The van der Waals surface area contributed by atoms with Gasteiger partial charge in [0.15, 0.2) is 0 Å². The van der Waals surface area contributed by atoms with Gasteiger partial charge in [0, 0.05) is 11.8 Å². The van der Waals surface area contributed by atoms with Gasteiger partial charge in [-0.15, -0.1) is 0 Å². The van der Waals surface area contributed by atoms with Crippen molar-refractivity contribution in [2.45, 2.75) is 53.1 Å². The largest absolute Gasteiger partial charge is 0.308 e. The van der Waals surface area contributed by atoms with Gasteiger partial charge < -0.3 is 5.32 Å². The Bertz CT molecular complexity index is 390. The Balaban J connectivity index is 2.83. The fourth-order valence-electron chi connectivity index (χ4n) is 2.06. The second-order valence-corrected chi connectivity index (χ2v) is 7.78. The minimum atomic E-state index is 0.359. The molecule has 5 heteroatoms. The highest BCUT2D eigenvalue weighted by molar-refractivity contribution is 9.10.